The second-order valence-electron chi connectivity index (χ2n) is 3.78. The van der Waals surface area contributed by atoms with Crippen LogP contribution in [-0.4, -0.2) is 50.7 Å². The third kappa shape index (κ3) is 1.55. The Morgan fingerprint density at radius 1 is 1.09 bits per heavy atom. The molecule has 0 aromatic rings. The topological polar surface area (TPSA) is 27.3 Å². The maximum absolute atomic E-state index is 3.50. The second-order valence-corrected chi connectivity index (χ2v) is 3.78. The highest BCUT2D eigenvalue weighted by Gasteiger charge is 2.25. The smallest absolute Gasteiger partial charge is 0.0342 e. The Morgan fingerprint density at radius 3 is 2.36 bits per heavy atom. The summed E-state index contributed by atoms with van der Waals surface area (Å²) in [5, 5.41) is 7.00. The molecule has 0 atom stereocenters. The summed E-state index contributed by atoms with van der Waals surface area (Å²) in [5.41, 5.74) is 0. The van der Waals surface area contributed by atoms with Crippen LogP contribution in [0.1, 0.15) is 0 Å². The molecule has 2 fully saturated rings. The molecule has 11 heavy (non-hydrogen) atoms. The highest BCUT2D eigenvalue weighted by Crippen LogP contribution is 2.09. The van der Waals surface area contributed by atoms with Gasteiger partial charge in [-0.15, -0.1) is 0 Å². The molecular formula is C8H17N3. The average molecular weight is 155 g/mol. The number of fused-ring (bicyclic) bond motifs is 3. The van der Waals surface area contributed by atoms with Crippen LogP contribution in [0.25, 0.3) is 0 Å². The lowest BCUT2D eigenvalue weighted by Crippen LogP contribution is -2.43. The number of rotatable bonds is 0. The number of likely N-dealkylation sites (N-methyl/N-ethyl adjacent to an activating group) is 1. The van der Waals surface area contributed by atoms with Gasteiger partial charge in [0.2, 0.25) is 0 Å². The van der Waals surface area contributed by atoms with Crippen LogP contribution < -0.4 is 10.6 Å². The lowest BCUT2D eigenvalue weighted by Gasteiger charge is -2.23. The van der Waals surface area contributed by atoms with E-state index in [1.54, 1.807) is 0 Å². The molecule has 0 amide bonds. The van der Waals surface area contributed by atoms with Crippen molar-refractivity contribution in [2.75, 3.05) is 39.8 Å². The first-order valence-electron chi connectivity index (χ1n) is 4.48. The van der Waals surface area contributed by atoms with E-state index in [0.717, 1.165) is 19.0 Å². The minimum atomic E-state index is 0.711. The van der Waals surface area contributed by atoms with Gasteiger partial charge in [0, 0.05) is 38.8 Å². The SMILES string of the molecule is CN1CC2CNCC1CNC2. The van der Waals surface area contributed by atoms with Crippen molar-refractivity contribution in [1.82, 2.24) is 15.5 Å². The third-order valence-electron chi connectivity index (χ3n) is 2.80. The zero-order valence-electron chi connectivity index (χ0n) is 7.14. The monoisotopic (exact) mass is 155 g/mol. The molecule has 2 N–H and O–H groups in total. The van der Waals surface area contributed by atoms with Crippen LogP contribution in [0.2, 0.25) is 0 Å². The van der Waals surface area contributed by atoms with E-state index < -0.39 is 0 Å². The molecule has 0 spiro atoms. The van der Waals surface area contributed by atoms with E-state index in [-0.39, 0.29) is 0 Å². The third-order valence-corrected chi connectivity index (χ3v) is 2.80. The van der Waals surface area contributed by atoms with Gasteiger partial charge in [-0.3, -0.25) is 0 Å². The maximum Gasteiger partial charge on any atom is 0.0342 e. The second kappa shape index (κ2) is 3.09. The Labute approximate surface area is 68.1 Å². The first kappa shape index (κ1) is 7.53. The fourth-order valence-electron chi connectivity index (χ4n) is 2.05. The van der Waals surface area contributed by atoms with E-state index in [0.29, 0.717) is 6.04 Å². The molecule has 0 radical (unpaired) electrons. The number of nitrogens with zero attached hydrogens (tertiary/aromatic N) is 1. The van der Waals surface area contributed by atoms with Gasteiger partial charge < -0.3 is 15.5 Å². The van der Waals surface area contributed by atoms with Gasteiger partial charge >= 0.3 is 0 Å². The van der Waals surface area contributed by atoms with Crippen molar-refractivity contribution < 1.29 is 0 Å². The van der Waals surface area contributed by atoms with Crippen LogP contribution in [-0.2, 0) is 0 Å². The zero-order chi connectivity index (χ0) is 7.68. The molecule has 0 aliphatic carbocycles. The van der Waals surface area contributed by atoms with E-state index in [4.69, 9.17) is 0 Å². The molecule has 2 heterocycles. The molecule has 2 bridgehead atoms. The van der Waals surface area contributed by atoms with E-state index in [1.165, 1.54) is 19.6 Å². The van der Waals surface area contributed by atoms with Gasteiger partial charge in [0.05, 0.1) is 0 Å². The molecule has 3 nitrogen and oxygen atoms in total. The molecule has 3 heteroatoms. The molecule has 0 aromatic heterocycles. The number of hydrogen-bond acceptors (Lipinski definition) is 3. The summed E-state index contributed by atoms with van der Waals surface area (Å²) >= 11 is 0. The fraction of sp³-hybridized carbons (Fsp3) is 1.00. The van der Waals surface area contributed by atoms with Gasteiger partial charge in [-0.05, 0) is 13.0 Å². The quantitative estimate of drug-likeness (QED) is 0.475. The van der Waals surface area contributed by atoms with Crippen molar-refractivity contribution in [3.05, 3.63) is 0 Å². The van der Waals surface area contributed by atoms with Gasteiger partial charge in [-0.25, -0.2) is 0 Å². The van der Waals surface area contributed by atoms with Crippen LogP contribution >= 0.6 is 0 Å². The molecule has 2 aliphatic rings. The van der Waals surface area contributed by atoms with E-state index in [1.807, 2.05) is 0 Å². The summed E-state index contributed by atoms with van der Waals surface area (Å²) in [5.74, 6) is 0.812. The summed E-state index contributed by atoms with van der Waals surface area (Å²) in [6, 6.07) is 0.711. The molecule has 0 unspecified atom stereocenters. The van der Waals surface area contributed by atoms with Crippen molar-refractivity contribution in [3.63, 3.8) is 0 Å². The highest BCUT2D eigenvalue weighted by molar-refractivity contribution is 4.85. The van der Waals surface area contributed by atoms with Gasteiger partial charge in [0.25, 0.3) is 0 Å². The predicted octanol–water partition coefficient (Wildman–Crippen LogP) is -0.891. The molecule has 64 valence electrons. The van der Waals surface area contributed by atoms with E-state index >= 15 is 0 Å². The van der Waals surface area contributed by atoms with E-state index in [9.17, 15) is 0 Å². The molecule has 2 aliphatic heterocycles. The van der Waals surface area contributed by atoms with Gasteiger partial charge in [-0.2, -0.15) is 0 Å². The summed E-state index contributed by atoms with van der Waals surface area (Å²) in [6.07, 6.45) is 0. The Morgan fingerprint density at radius 2 is 1.73 bits per heavy atom. The normalized spacial score (nSPS) is 40.1. The Kier molecular flexibility index (Phi) is 2.11. The predicted molar refractivity (Wildman–Crippen MR) is 45.6 cm³/mol. The van der Waals surface area contributed by atoms with Gasteiger partial charge in [0.15, 0.2) is 0 Å². The number of nitrogens with one attached hydrogen (secondary N) is 2. The van der Waals surface area contributed by atoms with Crippen LogP contribution in [0.4, 0.5) is 0 Å². The van der Waals surface area contributed by atoms with E-state index in [2.05, 4.69) is 22.6 Å². The average Bonchev–Trinajstić information content (AvgIpc) is 2.16. The van der Waals surface area contributed by atoms with Crippen molar-refractivity contribution >= 4 is 0 Å². The Balaban J connectivity index is 2.08. The van der Waals surface area contributed by atoms with Crippen molar-refractivity contribution in [1.29, 1.82) is 0 Å². The summed E-state index contributed by atoms with van der Waals surface area (Å²) in [7, 11) is 2.23. The van der Waals surface area contributed by atoms with Crippen molar-refractivity contribution in [2.24, 2.45) is 5.92 Å². The van der Waals surface area contributed by atoms with Gasteiger partial charge in [-0.1, -0.05) is 0 Å². The molecule has 0 saturated carbocycles. The molecule has 2 rings (SSSR count). The lowest BCUT2D eigenvalue weighted by atomic mass is 10.1. The minimum absolute atomic E-state index is 0.711. The van der Waals surface area contributed by atoms with Crippen LogP contribution in [0, 0.1) is 5.92 Å². The van der Waals surface area contributed by atoms with Crippen molar-refractivity contribution in [2.45, 2.75) is 6.04 Å². The van der Waals surface area contributed by atoms with Crippen LogP contribution in [0.5, 0.6) is 0 Å². The Hall–Kier alpha value is -0.120. The lowest BCUT2D eigenvalue weighted by molar-refractivity contribution is 0.258. The van der Waals surface area contributed by atoms with Crippen LogP contribution in [0.3, 0.4) is 0 Å². The van der Waals surface area contributed by atoms with Crippen molar-refractivity contribution in [3.8, 4) is 0 Å². The Bertz CT molecular complexity index is 127. The standard InChI is InChI=1S/C8H17N3/c1-11-6-7-2-9-4-8(11)5-10-3-7/h7-10H,2-6H2,1H3. The molecule has 2 saturated heterocycles. The van der Waals surface area contributed by atoms with Crippen LogP contribution in [0.15, 0.2) is 0 Å². The highest BCUT2D eigenvalue weighted by atomic mass is 15.2. The first-order chi connectivity index (χ1) is 5.36. The summed E-state index contributed by atoms with van der Waals surface area (Å²) < 4.78 is 0. The first-order valence-corrected chi connectivity index (χ1v) is 4.48. The minimum Gasteiger partial charge on any atom is -0.315 e. The molecular weight excluding hydrogens is 138 g/mol. The fourth-order valence-corrected chi connectivity index (χ4v) is 2.05. The summed E-state index contributed by atoms with van der Waals surface area (Å²) in [4.78, 5) is 2.48. The zero-order valence-corrected chi connectivity index (χ0v) is 7.14. The largest absolute Gasteiger partial charge is 0.315 e. The number of hydrogen-bond donors (Lipinski definition) is 2. The molecule has 0 aromatic carbocycles. The van der Waals surface area contributed by atoms with Gasteiger partial charge in [0.1, 0.15) is 0 Å². The maximum atomic E-state index is 3.50. The summed E-state index contributed by atoms with van der Waals surface area (Å²) in [6.45, 7) is 5.94.